The van der Waals surface area contributed by atoms with Crippen LogP contribution in [0.4, 0.5) is 4.79 Å². The highest BCUT2D eigenvalue weighted by Gasteiger charge is 2.27. The van der Waals surface area contributed by atoms with Crippen molar-refractivity contribution in [3.05, 3.63) is 0 Å². The molecule has 0 aliphatic carbocycles. The Morgan fingerprint density at radius 1 is 1.11 bits per heavy atom. The predicted octanol–water partition coefficient (Wildman–Crippen LogP) is 2.40. The molecule has 2 aliphatic rings. The Kier molecular flexibility index (Phi) is 5.49. The van der Waals surface area contributed by atoms with Gasteiger partial charge >= 0.3 is 6.03 Å². The van der Waals surface area contributed by atoms with Crippen molar-refractivity contribution in [2.24, 2.45) is 0 Å². The smallest absolute Gasteiger partial charge is 0.319 e. The van der Waals surface area contributed by atoms with E-state index >= 15 is 0 Å². The van der Waals surface area contributed by atoms with Crippen LogP contribution in [0.25, 0.3) is 0 Å². The molecule has 1 unspecified atom stereocenters. The summed E-state index contributed by atoms with van der Waals surface area (Å²) in [5, 5.41) is 0. The number of likely N-dealkylation sites (N-methyl/N-ethyl adjacent to an activating group) is 2. The number of nitrogens with zero attached hydrogens (tertiary/aromatic N) is 3. The topological polar surface area (TPSA) is 26.8 Å². The fourth-order valence-corrected chi connectivity index (χ4v) is 3.42. The molecule has 1 atom stereocenters. The first kappa shape index (κ1) is 14.6. The minimum Gasteiger partial charge on any atom is -0.326 e. The van der Waals surface area contributed by atoms with Gasteiger partial charge in [-0.2, -0.15) is 0 Å². The average Bonchev–Trinajstić information content (AvgIpc) is 2.69. The van der Waals surface area contributed by atoms with Gasteiger partial charge in [-0.15, -0.1) is 0 Å². The molecule has 2 fully saturated rings. The first-order valence-electron chi connectivity index (χ1n) is 7.96. The molecule has 0 aromatic carbocycles. The quantitative estimate of drug-likeness (QED) is 0.785. The molecular formula is C15H29N3O. The van der Waals surface area contributed by atoms with Crippen LogP contribution in [0.5, 0.6) is 0 Å². The maximum Gasteiger partial charge on any atom is 0.319 e. The zero-order valence-electron chi connectivity index (χ0n) is 12.6. The molecule has 0 spiro atoms. The van der Waals surface area contributed by atoms with E-state index in [4.69, 9.17) is 0 Å². The number of urea groups is 1. The Hall–Kier alpha value is -0.770. The van der Waals surface area contributed by atoms with E-state index in [1.54, 1.807) is 0 Å². The van der Waals surface area contributed by atoms with E-state index in [0.29, 0.717) is 6.04 Å². The number of carbonyl (C=O) groups excluding carboxylic acids is 1. The highest BCUT2D eigenvalue weighted by molar-refractivity contribution is 5.74. The number of carbonyl (C=O) groups is 1. The first-order valence-corrected chi connectivity index (χ1v) is 7.96. The normalized spacial score (nSPS) is 25.4. The van der Waals surface area contributed by atoms with Gasteiger partial charge in [0, 0.05) is 32.7 Å². The van der Waals surface area contributed by atoms with Gasteiger partial charge in [0.05, 0.1) is 0 Å². The summed E-state index contributed by atoms with van der Waals surface area (Å²) in [6.07, 6.45) is 7.42. The monoisotopic (exact) mass is 267 g/mol. The van der Waals surface area contributed by atoms with E-state index in [1.807, 2.05) is 11.9 Å². The first-order chi connectivity index (χ1) is 9.22. The molecule has 0 N–H and O–H groups in total. The van der Waals surface area contributed by atoms with Crippen LogP contribution in [0.2, 0.25) is 0 Å². The number of amides is 2. The molecule has 2 rings (SSSR count). The molecule has 0 aromatic rings. The second-order valence-corrected chi connectivity index (χ2v) is 5.99. The fraction of sp³-hybridized carbons (Fsp3) is 0.933. The summed E-state index contributed by atoms with van der Waals surface area (Å²) in [6, 6.07) is 0.816. The fourth-order valence-electron chi connectivity index (χ4n) is 3.42. The van der Waals surface area contributed by atoms with Gasteiger partial charge in [-0.1, -0.05) is 19.8 Å². The van der Waals surface area contributed by atoms with E-state index < -0.39 is 0 Å². The van der Waals surface area contributed by atoms with Crippen LogP contribution in [-0.4, -0.2) is 66.5 Å². The lowest BCUT2D eigenvalue weighted by Gasteiger charge is -2.31. The van der Waals surface area contributed by atoms with E-state index in [1.165, 1.54) is 45.1 Å². The van der Waals surface area contributed by atoms with Crippen LogP contribution in [0, 0.1) is 0 Å². The molecule has 0 aromatic heterocycles. The molecule has 0 bridgehead atoms. The van der Waals surface area contributed by atoms with Gasteiger partial charge in [0.15, 0.2) is 0 Å². The lowest BCUT2D eigenvalue weighted by Crippen LogP contribution is -2.47. The third-order valence-corrected chi connectivity index (χ3v) is 4.59. The molecule has 0 radical (unpaired) electrons. The summed E-state index contributed by atoms with van der Waals surface area (Å²) in [4.78, 5) is 19.0. The SMILES string of the molecule is CCN1CCCC1CN(C)C(=O)N1CCCCCC1. The molecule has 2 heterocycles. The third kappa shape index (κ3) is 3.85. The Labute approximate surface area is 117 Å². The van der Waals surface area contributed by atoms with Crippen molar-refractivity contribution in [2.75, 3.05) is 39.8 Å². The van der Waals surface area contributed by atoms with Crippen molar-refractivity contribution in [3.63, 3.8) is 0 Å². The van der Waals surface area contributed by atoms with Crippen molar-refractivity contribution in [1.29, 1.82) is 0 Å². The molecule has 0 saturated carbocycles. The van der Waals surface area contributed by atoms with Gasteiger partial charge in [0.1, 0.15) is 0 Å². The van der Waals surface area contributed by atoms with Crippen LogP contribution >= 0.6 is 0 Å². The van der Waals surface area contributed by atoms with Gasteiger partial charge < -0.3 is 9.80 Å². The maximum atomic E-state index is 12.5. The van der Waals surface area contributed by atoms with Crippen LogP contribution < -0.4 is 0 Å². The van der Waals surface area contributed by atoms with Gasteiger partial charge in [-0.05, 0) is 38.8 Å². The Balaban J connectivity index is 1.84. The minimum atomic E-state index is 0.241. The molecule has 110 valence electrons. The van der Waals surface area contributed by atoms with Crippen molar-refractivity contribution in [2.45, 2.75) is 51.5 Å². The van der Waals surface area contributed by atoms with Gasteiger partial charge in [0.25, 0.3) is 0 Å². The van der Waals surface area contributed by atoms with Crippen LogP contribution in [0.3, 0.4) is 0 Å². The van der Waals surface area contributed by atoms with E-state index in [0.717, 1.165) is 26.2 Å². The van der Waals surface area contributed by atoms with Crippen molar-refractivity contribution >= 4 is 6.03 Å². The lowest BCUT2D eigenvalue weighted by atomic mass is 10.2. The van der Waals surface area contributed by atoms with Gasteiger partial charge in [-0.25, -0.2) is 4.79 Å². The number of likely N-dealkylation sites (tertiary alicyclic amines) is 2. The highest BCUT2D eigenvalue weighted by atomic mass is 16.2. The van der Waals surface area contributed by atoms with Crippen molar-refractivity contribution in [1.82, 2.24) is 14.7 Å². The van der Waals surface area contributed by atoms with Crippen LogP contribution in [0.15, 0.2) is 0 Å². The maximum absolute atomic E-state index is 12.5. The summed E-state index contributed by atoms with van der Waals surface area (Å²) in [5.74, 6) is 0. The standard InChI is InChI=1S/C15H29N3O/c1-3-17-12-8-9-14(17)13-16(2)15(19)18-10-6-4-5-7-11-18/h14H,3-13H2,1-2H3. The van der Waals surface area contributed by atoms with Gasteiger partial charge in [0.2, 0.25) is 0 Å². The highest BCUT2D eigenvalue weighted by Crippen LogP contribution is 2.18. The molecule has 4 nitrogen and oxygen atoms in total. The summed E-state index contributed by atoms with van der Waals surface area (Å²) in [7, 11) is 1.97. The van der Waals surface area contributed by atoms with E-state index in [2.05, 4.69) is 16.7 Å². The molecular weight excluding hydrogens is 238 g/mol. The zero-order chi connectivity index (χ0) is 13.7. The van der Waals surface area contributed by atoms with Crippen LogP contribution in [-0.2, 0) is 0 Å². The molecule has 2 aliphatic heterocycles. The molecule has 2 saturated heterocycles. The average molecular weight is 267 g/mol. The Morgan fingerprint density at radius 2 is 1.79 bits per heavy atom. The largest absolute Gasteiger partial charge is 0.326 e. The van der Waals surface area contributed by atoms with E-state index in [-0.39, 0.29) is 6.03 Å². The number of rotatable bonds is 3. The molecule has 2 amide bonds. The Bertz CT molecular complexity index is 287. The second-order valence-electron chi connectivity index (χ2n) is 5.99. The van der Waals surface area contributed by atoms with Crippen molar-refractivity contribution < 1.29 is 4.79 Å². The number of hydrogen-bond donors (Lipinski definition) is 0. The molecule has 4 heteroatoms. The zero-order valence-corrected chi connectivity index (χ0v) is 12.6. The minimum absolute atomic E-state index is 0.241. The Morgan fingerprint density at radius 3 is 2.42 bits per heavy atom. The number of hydrogen-bond acceptors (Lipinski definition) is 2. The third-order valence-electron chi connectivity index (χ3n) is 4.59. The summed E-state index contributed by atoms with van der Waals surface area (Å²) < 4.78 is 0. The van der Waals surface area contributed by atoms with Crippen molar-refractivity contribution in [3.8, 4) is 0 Å². The summed E-state index contributed by atoms with van der Waals surface area (Å²) in [6.45, 7) is 7.32. The summed E-state index contributed by atoms with van der Waals surface area (Å²) in [5.41, 5.74) is 0. The summed E-state index contributed by atoms with van der Waals surface area (Å²) >= 11 is 0. The molecule has 19 heavy (non-hydrogen) atoms. The lowest BCUT2D eigenvalue weighted by molar-refractivity contribution is 0.147. The van der Waals surface area contributed by atoms with E-state index in [9.17, 15) is 4.79 Å². The second kappa shape index (κ2) is 7.13. The predicted molar refractivity (Wildman–Crippen MR) is 78.3 cm³/mol. The van der Waals surface area contributed by atoms with Gasteiger partial charge in [-0.3, -0.25) is 4.90 Å². The van der Waals surface area contributed by atoms with Crippen LogP contribution in [0.1, 0.15) is 45.4 Å².